The molecule has 1 aliphatic rings. The van der Waals surface area contributed by atoms with Gasteiger partial charge >= 0.3 is 5.69 Å². The van der Waals surface area contributed by atoms with Gasteiger partial charge in [-0.3, -0.25) is 10.1 Å². The zero-order valence-corrected chi connectivity index (χ0v) is 9.94. The molecule has 2 rings (SSSR count). The van der Waals surface area contributed by atoms with E-state index in [1.54, 1.807) is 0 Å². The average molecular weight is 257 g/mol. The first-order chi connectivity index (χ1) is 8.16. The lowest BCUT2D eigenvalue weighted by molar-refractivity contribution is -0.385. The molecular weight excluding hydrogens is 244 g/mol. The van der Waals surface area contributed by atoms with Gasteiger partial charge in [0.2, 0.25) is 0 Å². The molecule has 0 atom stereocenters. The lowest BCUT2D eigenvalue weighted by Gasteiger charge is -2.26. The Kier molecular flexibility index (Phi) is 3.81. The predicted molar refractivity (Wildman–Crippen MR) is 64.6 cm³/mol. The molecule has 1 saturated heterocycles. The SMILES string of the molecule is O=[N+]([O-])c1ccc(Cl)cc1OCCC1CNC1. The highest BCUT2D eigenvalue weighted by atomic mass is 35.5. The molecule has 0 amide bonds. The number of nitrogens with one attached hydrogen (secondary N) is 1. The summed E-state index contributed by atoms with van der Waals surface area (Å²) in [5, 5.41) is 14.4. The molecule has 0 saturated carbocycles. The third-order valence-electron chi connectivity index (χ3n) is 2.77. The molecule has 1 aliphatic heterocycles. The van der Waals surface area contributed by atoms with E-state index in [1.807, 2.05) is 0 Å². The smallest absolute Gasteiger partial charge is 0.311 e. The van der Waals surface area contributed by atoms with Crippen LogP contribution in [0.2, 0.25) is 5.02 Å². The van der Waals surface area contributed by atoms with Gasteiger partial charge in [-0.15, -0.1) is 0 Å². The van der Waals surface area contributed by atoms with Crippen molar-refractivity contribution < 1.29 is 9.66 Å². The summed E-state index contributed by atoms with van der Waals surface area (Å²) in [4.78, 5) is 10.3. The number of nitro benzene ring substituents is 1. The van der Waals surface area contributed by atoms with Crippen LogP contribution in [0.25, 0.3) is 0 Å². The highest BCUT2D eigenvalue weighted by Crippen LogP contribution is 2.30. The van der Waals surface area contributed by atoms with Crippen LogP contribution in [0, 0.1) is 16.0 Å². The van der Waals surface area contributed by atoms with Crippen LogP contribution in [0.4, 0.5) is 5.69 Å². The highest BCUT2D eigenvalue weighted by molar-refractivity contribution is 6.30. The summed E-state index contributed by atoms with van der Waals surface area (Å²) in [5.41, 5.74) is -0.0406. The van der Waals surface area contributed by atoms with Crippen molar-refractivity contribution in [3.05, 3.63) is 33.3 Å². The van der Waals surface area contributed by atoms with Crippen LogP contribution >= 0.6 is 11.6 Å². The summed E-state index contributed by atoms with van der Waals surface area (Å²) < 4.78 is 5.43. The molecule has 92 valence electrons. The van der Waals surface area contributed by atoms with E-state index in [9.17, 15) is 10.1 Å². The third-order valence-corrected chi connectivity index (χ3v) is 3.00. The Morgan fingerprint density at radius 2 is 2.29 bits per heavy atom. The van der Waals surface area contributed by atoms with Gasteiger partial charge in [-0.25, -0.2) is 0 Å². The zero-order chi connectivity index (χ0) is 12.3. The van der Waals surface area contributed by atoms with E-state index in [0.717, 1.165) is 19.5 Å². The summed E-state index contributed by atoms with van der Waals surface area (Å²) in [6.45, 7) is 2.48. The topological polar surface area (TPSA) is 64.4 Å². The zero-order valence-electron chi connectivity index (χ0n) is 9.19. The molecule has 0 bridgehead atoms. The molecule has 1 aromatic carbocycles. The van der Waals surface area contributed by atoms with Gasteiger partial charge < -0.3 is 10.1 Å². The largest absolute Gasteiger partial charge is 0.487 e. The number of rotatable bonds is 5. The fourth-order valence-corrected chi connectivity index (χ4v) is 1.80. The monoisotopic (exact) mass is 256 g/mol. The van der Waals surface area contributed by atoms with E-state index in [0.29, 0.717) is 17.5 Å². The minimum absolute atomic E-state index is 0.0406. The summed E-state index contributed by atoms with van der Waals surface area (Å²) in [6, 6.07) is 4.34. The fourth-order valence-electron chi connectivity index (χ4n) is 1.64. The average Bonchev–Trinajstić information content (AvgIpc) is 2.21. The Bertz CT molecular complexity index is 421. The van der Waals surface area contributed by atoms with Crippen LogP contribution in [0.15, 0.2) is 18.2 Å². The van der Waals surface area contributed by atoms with E-state index in [2.05, 4.69) is 5.32 Å². The van der Waals surface area contributed by atoms with Crippen LogP contribution in [-0.4, -0.2) is 24.6 Å². The molecule has 17 heavy (non-hydrogen) atoms. The van der Waals surface area contributed by atoms with E-state index >= 15 is 0 Å². The number of nitrogens with zero attached hydrogens (tertiary/aromatic N) is 1. The van der Waals surface area contributed by atoms with Crippen molar-refractivity contribution >= 4 is 17.3 Å². The Hall–Kier alpha value is -1.33. The lowest BCUT2D eigenvalue weighted by Crippen LogP contribution is -2.42. The Morgan fingerprint density at radius 3 is 2.88 bits per heavy atom. The van der Waals surface area contributed by atoms with Crippen LogP contribution in [0.3, 0.4) is 0 Å². The van der Waals surface area contributed by atoms with Crippen LogP contribution in [0.1, 0.15) is 6.42 Å². The molecule has 0 unspecified atom stereocenters. The second kappa shape index (κ2) is 5.33. The Labute approximate surface area is 104 Å². The second-order valence-electron chi connectivity index (χ2n) is 4.03. The second-order valence-corrected chi connectivity index (χ2v) is 4.47. The van der Waals surface area contributed by atoms with Crippen LogP contribution in [-0.2, 0) is 0 Å². The van der Waals surface area contributed by atoms with Crippen LogP contribution in [0.5, 0.6) is 5.75 Å². The maximum atomic E-state index is 10.8. The molecule has 0 spiro atoms. The summed E-state index contributed by atoms with van der Waals surface area (Å²) in [5.74, 6) is 0.864. The number of ether oxygens (including phenoxy) is 1. The number of hydrogen-bond donors (Lipinski definition) is 1. The first kappa shape index (κ1) is 12.1. The highest BCUT2D eigenvalue weighted by Gasteiger charge is 2.18. The molecule has 0 aliphatic carbocycles. The van der Waals surface area contributed by atoms with Gasteiger partial charge in [0.25, 0.3) is 0 Å². The first-order valence-corrected chi connectivity index (χ1v) is 5.82. The molecule has 5 nitrogen and oxygen atoms in total. The van der Waals surface area contributed by atoms with Gasteiger partial charge in [-0.05, 0) is 31.5 Å². The molecular formula is C11H13ClN2O3. The van der Waals surface area contributed by atoms with Crippen molar-refractivity contribution in [2.75, 3.05) is 19.7 Å². The molecule has 6 heteroatoms. The summed E-state index contributed by atoms with van der Waals surface area (Å²) in [7, 11) is 0. The van der Waals surface area contributed by atoms with Crippen molar-refractivity contribution in [2.45, 2.75) is 6.42 Å². The van der Waals surface area contributed by atoms with Crippen molar-refractivity contribution in [3.63, 3.8) is 0 Å². The van der Waals surface area contributed by atoms with E-state index < -0.39 is 4.92 Å². The van der Waals surface area contributed by atoms with Gasteiger partial charge in [-0.2, -0.15) is 0 Å². The molecule has 1 N–H and O–H groups in total. The standard InChI is InChI=1S/C11H13ClN2O3/c12-9-1-2-10(14(15)16)11(5-9)17-4-3-8-6-13-7-8/h1-2,5,8,13H,3-4,6-7H2. The number of nitro groups is 1. The Morgan fingerprint density at radius 1 is 1.53 bits per heavy atom. The number of hydrogen-bond acceptors (Lipinski definition) is 4. The first-order valence-electron chi connectivity index (χ1n) is 5.44. The minimum Gasteiger partial charge on any atom is -0.487 e. The minimum atomic E-state index is -0.462. The van der Waals surface area contributed by atoms with E-state index in [4.69, 9.17) is 16.3 Å². The normalized spacial score (nSPS) is 15.4. The third kappa shape index (κ3) is 3.08. The maximum absolute atomic E-state index is 10.8. The number of halogens is 1. The van der Waals surface area contributed by atoms with Crippen molar-refractivity contribution in [2.24, 2.45) is 5.92 Å². The van der Waals surface area contributed by atoms with Crippen LogP contribution < -0.4 is 10.1 Å². The number of benzene rings is 1. The quantitative estimate of drug-likeness (QED) is 0.648. The van der Waals surface area contributed by atoms with E-state index in [-0.39, 0.29) is 11.4 Å². The van der Waals surface area contributed by atoms with Gasteiger partial charge in [0.15, 0.2) is 5.75 Å². The molecule has 1 heterocycles. The molecule has 1 aromatic rings. The van der Waals surface area contributed by atoms with Gasteiger partial charge in [-0.1, -0.05) is 11.6 Å². The predicted octanol–water partition coefficient (Wildman–Crippen LogP) is 2.24. The molecule has 0 radical (unpaired) electrons. The Balaban J connectivity index is 1.97. The van der Waals surface area contributed by atoms with Gasteiger partial charge in [0, 0.05) is 17.2 Å². The van der Waals surface area contributed by atoms with Gasteiger partial charge in [0.1, 0.15) is 0 Å². The van der Waals surface area contributed by atoms with E-state index in [1.165, 1.54) is 18.2 Å². The van der Waals surface area contributed by atoms with Crippen molar-refractivity contribution in [1.82, 2.24) is 5.32 Å². The molecule has 1 fully saturated rings. The lowest BCUT2D eigenvalue weighted by atomic mass is 10.0. The maximum Gasteiger partial charge on any atom is 0.311 e. The van der Waals surface area contributed by atoms with Gasteiger partial charge in [0.05, 0.1) is 11.5 Å². The summed E-state index contributed by atoms with van der Waals surface area (Å²) in [6.07, 6.45) is 0.899. The summed E-state index contributed by atoms with van der Waals surface area (Å²) >= 11 is 5.79. The molecule has 0 aromatic heterocycles. The van der Waals surface area contributed by atoms with Crippen molar-refractivity contribution in [1.29, 1.82) is 0 Å². The fraction of sp³-hybridized carbons (Fsp3) is 0.455. The van der Waals surface area contributed by atoms with Crippen molar-refractivity contribution in [3.8, 4) is 5.75 Å².